The van der Waals surface area contributed by atoms with E-state index in [1.807, 2.05) is 6.92 Å². The van der Waals surface area contributed by atoms with Gasteiger partial charge in [0.05, 0.1) is 17.3 Å². The summed E-state index contributed by atoms with van der Waals surface area (Å²) in [6.07, 6.45) is 0. The molecule has 0 aromatic heterocycles. The molecule has 0 fully saturated rings. The van der Waals surface area contributed by atoms with E-state index in [-0.39, 0.29) is 6.61 Å². The highest BCUT2D eigenvalue weighted by molar-refractivity contribution is 6.33. The average Bonchev–Trinajstić information content (AvgIpc) is 2.22. The fourth-order valence-corrected chi connectivity index (χ4v) is 1.38. The summed E-state index contributed by atoms with van der Waals surface area (Å²) < 4.78 is 10.0. The van der Waals surface area contributed by atoms with Gasteiger partial charge in [0.25, 0.3) is 0 Å². The molecule has 0 spiro atoms. The third kappa shape index (κ3) is 3.31. The first-order valence-corrected chi connectivity index (χ1v) is 5.26. The molecule has 0 aliphatic rings. The van der Waals surface area contributed by atoms with Gasteiger partial charge in [-0.2, -0.15) is 0 Å². The van der Waals surface area contributed by atoms with Gasteiger partial charge in [-0.25, -0.2) is 4.79 Å². The van der Waals surface area contributed by atoms with Crippen LogP contribution in [-0.2, 0) is 9.53 Å². The third-order valence-electron chi connectivity index (χ3n) is 1.95. The number of hydrogen-bond donors (Lipinski definition) is 1. The second-order valence-electron chi connectivity index (χ2n) is 3.23. The second-order valence-corrected chi connectivity index (χ2v) is 3.64. The van der Waals surface area contributed by atoms with Crippen molar-refractivity contribution in [2.24, 2.45) is 0 Å². The van der Waals surface area contributed by atoms with Crippen LogP contribution in [0.2, 0.25) is 5.02 Å². The van der Waals surface area contributed by atoms with Crippen molar-refractivity contribution < 1.29 is 14.3 Å². The highest BCUT2D eigenvalue weighted by Crippen LogP contribution is 2.28. The van der Waals surface area contributed by atoms with Crippen LogP contribution in [0.3, 0.4) is 0 Å². The Labute approximate surface area is 99.3 Å². The van der Waals surface area contributed by atoms with Crippen molar-refractivity contribution >= 4 is 23.3 Å². The Hall–Kier alpha value is -1.42. The van der Waals surface area contributed by atoms with Crippen LogP contribution in [0.5, 0.6) is 5.75 Å². The van der Waals surface area contributed by atoms with Crippen molar-refractivity contribution in [1.82, 2.24) is 0 Å². The maximum atomic E-state index is 11.1. The van der Waals surface area contributed by atoms with Gasteiger partial charge in [0.2, 0.25) is 0 Å². The van der Waals surface area contributed by atoms with Gasteiger partial charge in [0.15, 0.2) is 6.61 Å². The molecule has 0 saturated carbocycles. The molecule has 4 nitrogen and oxygen atoms in total. The Morgan fingerprint density at radius 3 is 2.81 bits per heavy atom. The van der Waals surface area contributed by atoms with Gasteiger partial charge in [0.1, 0.15) is 5.75 Å². The summed E-state index contributed by atoms with van der Waals surface area (Å²) in [5.41, 5.74) is 6.87. The van der Waals surface area contributed by atoms with E-state index in [0.717, 1.165) is 5.56 Å². The average molecular weight is 244 g/mol. The van der Waals surface area contributed by atoms with Gasteiger partial charge in [0, 0.05) is 6.07 Å². The summed E-state index contributed by atoms with van der Waals surface area (Å²) in [5.74, 6) is 0.130. The van der Waals surface area contributed by atoms with E-state index in [0.29, 0.717) is 23.1 Å². The zero-order valence-corrected chi connectivity index (χ0v) is 10.0. The van der Waals surface area contributed by atoms with Gasteiger partial charge >= 0.3 is 5.97 Å². The number of carbonyl (C=O) groups excluding carboxylic acids is 1. The van der Waals surface area contributed by atoms with Crippen molar-refractivity contribution in [2.45, 2.75) is 13.8 Å². The largest absolute Gasteiger partial charge is 0.482 e. The Kier molecular flexibility index (Phi) is 4.43. The van der Waals surface area contributed by atoms with E-state index >= 15 is 0 Å². The highest BCUT2D eigenvalue weighted by Gasteiger charge is 2.07. The SMILES string of the molecule is CCOC(=O)COc1cc(N)c(Cl)cc1C. The molecule has 5 heteroatoms. The van der Waals surface area contributed by atoms with E-state index in [1.165, 1.54) is 0 Å². The first-order chi connectivity index (χ1) is 7.54. The maximum Gasteiger partial charge on any atom is 0.344 e. The number of esters is 1. The molecule has 0 unspecified atom stereocenters. The van der Waals surface area contributed by atoms with Gasteiger partial charge in [-0.1, -0.05) is 11.6 Å². The zero-order valence-electron chi connectivity index (χ0n) is 9.25. The highest BCUT2D eigenvalue weighted by atomic mass is 35.5. The lowest BCUT2D eigenvalue weighted by molar-refractivity contribution is -0.145. The van der Waals surface area contributed by atoms with Crippen molar-refractivity contribution in [3.63, 3.8) is 0 Å². The molecule has 88 valence electrons. The fraction of sp³-hybridized carbons (Fsp3) is 0.364. The summed E-state index contributed by atoms with van der Waals surface area (Å²) >= 11 is 5.83. The summed E-state index contributed by atoms with van der Waals surface area (Å²) in [6.45, 7) is 3.77. The molecule has 0 atom stereocenters. The van der Waals surface area contributed by atoms with Gasteiger partial charge in [-0.3, -0.25) is 0 Å². The molecule has 1 rings (SSSR count). The molecule has 0 saturated heterocycles. The molecule has 0 amide bonds. The molecule has 16 heavy (non-hydrogen) atoms. The maximum absolute atomic E-state index is 11.1. The minimum atomic E-state index is -0.407. The molecule has 0 bridgehead atoms. The molecule has 1 aromatic rings. The molecular formula is C11H14ClNO3. The van der Waals surface area contributed by atoms with E-state index in [9.17, 15) is 4.79 Å². The smallest absolute Gasteiger partial charge is 0.344 e. The number of benzene rings is 1. The summed E-state index contributed by atoms with van der Waals surface area (Å²) in [7, 11) is 0. The van der Waals surface area contributed by atoms with Crippen LogP contribution in [0.15, 0.2) is 12.1 Å². The Bertz CT molecular complexity index is 393. The number of nitrogens with two attached hydrogens (primary N) is 1. The number of aryl methyl sites for hydroxylation is 1. The third-order valence-corrected chi connectivity index (χ3v) is 2.27. The molecular weight excluding hydrogens is 230 g/mol. The van der Waals surface area contributed by atoms with E-state index < -0.39 is 5.97 Å². The number of anilines is 1. The van der Waals surface area contributed by atoms with Gasteiger partial charge in [-0.15, -0.1) is 0 Å². The van der Waals surface area contributed by atoms with Crippen LogP contribution in [-0.4, -0.2) is 19.2 Å². The monoisotopic (exact) mass is 243 g/mol. The normalized spacial score (nSPS) is 9.94. The zero-order chi connectivity index (χ0) is 12.1. The van der Waals surface area contributed by atoms with Gasteiger partial charge in [-0.05, 0) is 25.5 Å². The van der Waals surface area contributed by atoms with Crippen LogP contribution >= 0.6 is 11.6 Å². The van der Waals surface area contributed by atoms with Crippen LogP contribution in [0.25, 0.3) is 0 Å². The number of ether oxygens (including phenoxy) is 2. The summed E-state index contributed by atoms with van der Waals surface area (Å²) in [5, 5.41) is 0.473. The Morgan fingerprint density at radius 1 is 1.50 bits per heavy atom. The molecule has 0 radical (unpaired) electrons. The number of halogens is 1. The lowest BCUT2D eigenvalue weighted by atomic mass is 10.2. The van der Waals surface area contributed by atoms with Crippen molar-refractivity contribution in [3.8, 4) is 5.75 Å². The predicted molar refractivity (Wildman–Crippen MR) is 62.7 cm³/mol. The van der Waals surface area contributed by atoms with Crippen LogP contribution in [0, 0.1) is 6.92 Å². The van der Waals surface area contributed by atoms with Gasteiger partial charge < -0.3 is 15.2 Å². The van der Waals surface area contributed by atoms with E-state index in [1.54, 1.807) is 19.1 Å². The first-order valence-electron chi connectivity index (χ1n) is 4.88. The molecule has 1 aromatic carbocycles. The quantitative estimate of drug-likeness (QED) is 0.650. The van der Waals surface area contributed by atoms with Crippen molar-refractivity contribution in [1.29, 1.82) is 0 Å². The van der Waals surface area contributed by atoms with Crippen LogP contribution < -0.4 is 10.5 Å². The molecule has 0 heterocycles. The first kappa shape index (κ1) is 12.6. The number of nitrogen functional groups attached to an aromatic ring is 1. The number of hydrogen-bond acceptors (Lipinski definition) is 4. The topological polar surface area (TPSA) is 61.5 Å². The molecule has 0 aliphatic heterocycles. The molecule has 2 N–H and O–H groups in total. The fourth-order valence-electron chi connectivity index (χ4n) is 1.16. The minimum Gasteiger partial charge on any atom is -0.482 e. The lowest BCUT2D eigenvalue weighted by Gasteiger charge is -2.10. The van der Waals surface area contributed by atoms with E-state index in [4.69, 9.17) is 26.8 Å². The Balaban J connectivity index is 2.67. The number of rotatable bonds is 4. The lowest BCUT2D eigenvalue weighted by Crippen LogP contribution is -2.15. The molecule has 0 aliphatic carbocycles. The Morgan fingerprint density at radius 2 is 2.19 bits per heavy atom. The second kappa shape index (κ2) is 5.61. The number of carbonyl (C=O) groups is 1. The van der Waals surface area contributed by atoms with Crippen LogP contribution in [0.4, 0.5) is 5.69 Å². The predicted octanol–water partition coefficient (Wildman–Crippen LogP) is 2.17. The van der Waals surface area contributed by atoms with Crippen molar-refractivity contribution in [3.05, 3.63) is 22.7 Å². The standard InChI is InChI=1S/C11H14ClNO3/c1-3-15-11(14)6-16-10-5-9(13)8(12)4-7(10)2/h4-5H,3,6,13H2,1-2H3. The van der Waals surface area contributed by atoms with Crippen LogP contribution in [0.1, 0.15) is 12.5 Å². The summed E-state index contributed by atoms with van der Waals surface area (Å²) in [6, 6.07) is 3.29. The summed E-state index contributed by atoms with van der Waals surface area (Å²) in [4.78, 5) is 11.1. The minimum absolute atomic E-state index is 0.129. The van der Waals surface area contributed by atoms with Crippen molar-refractivity contribution in [2.75, 3.05) is 18.9 Å². The van der Waals surface area contributed by atoms with E-state index in [2.05, 4.69) is 0 Å².